The number of anilines is 1. The van der Waals surface area contributed by atoms with Crippen LogP contribution in [0.4, 0.5) is 5.69 Å². The molecule has 268 valence electrons. The van der Waals surface area contributed by atoms with E-state index in [0.29, 0.717) is 34.0 Å². The number of aromatic amines is 1. The van der Waals surface area contributed by atoms with Gasteiger partial charge in [-0.05, 0) is 41.2 Å². The Bertz CT molecular complexity index is 2530. The zero-order valence-electron chi connectivity index (χ0n) is 29.3. The van der Waals surface area contributed by atoms with Crippen LogP contribution in [-0.4, -0.2) is 55.4 Å². The number of hydrogen-bond donors (Lipinski definition) is 6. The zero-order valence-corrected chi connectivity index (χ0v) is 29.3. The summed E-state index contributed by atoms with van der Waals surface area (Å²) in [6.07, 6.45) is 1.59. The first-order valence-electron chi connectivity index (χ1n) is 17.8. The van der Waals surface area contributed by atoms with Gasteiger partial charge in [-0.2, -0.15) is 0 Å². The highest BCUT2D eigenvalue weighted by Crippen LogP contribution is 2.61. The number of aromatic nitrogens is 3. The number of rotatable bonds is 4. The van der Waals surface area contributed by atoms with Crippen LogP contribution in [0.2, 0.25) is 0 Å². The van der Waals surface area contributed by atoms with Gasteiger partial charge in [-0.25, -0.2) is 9.97 Å². The first-order chi connectivity index (χ1) is 25.5. The van der Waals surface area contributed by atoms with Gasteiger partial charge in [0.2, 0.25) is 23.6 Å². The van der Waals surface area contributed by atoms with E-state index in [9.17, 15) is 19.8 Å². The summed E-state index contributed by atoms with van der Waals surface area (Å²) in [5.74, 6) is 0.449. The third-order valence-corrected chi connectivity index (χ3v) is 11.2. The van der Waals surface area contributed by atoms with E-state index in [0.717, 1.165) is 38.9 Å². The molecule has 3 aromatic carbocycles. The number of amides is 2. The molecule has 3 aromatic heterocycles. The number of phenolic OH excluding ortho intramolecular Hbond substituents is 1. The monoisotopic (exact) mass is 712 g/mol. The number of H-pyrrole nitrogens is 1. The number of aliphatic hydroxyl groups excluding tert-OH is 1. The second kappa shape index (κ2) is 11.0. The lowest BCUT2D eigenvalue weighted by atomic mass is 9.72. The van der Waals surface area contributed by atoms with Crippen LogP contribution in [0.1, 0.15) is 62.1 Å². The number of nitrogens with zero attached hydrogens (tertiary/aromatic N) is 2. The van der Waals surface area contributed by atoms with Crippen LogP contribution < -0.4 is 20.7 Å². The fourth-order valence-corrected chi connectivity index (χ4v) is 8.47. The highest BCUT2D eigenvalue weighted by molar-refractivity contribution is 6.09. The van der Waals surface area contributed by atoms with E-state index in [-0.39, 0.29) is 35.8 Å². The van der Waals surface area contributed by atoms with Gasteiger partial charge in [-0.15, -0.1) is 0 Å². The van der Waals surface area contributed by atoms with Gasteiger partial charge in [0.05, 0.1) is 11.7 Å². The summed E-state index contributed by atoms with van der Waals surface area (Å²) in [7, 11) is 0. The van der Waals surface area contributed by atoms with E-state index >= 15 is 0 Å². The lowest BCUT2D eigenvalue weighted by Gasteiger charge is -2.29. The molecule has 0 radical (unpaired) electrons. The Labute approximate surface area is 302 Å². The molecule has 6 aromatic rings. The van der Waals surface area contributed by atoms with E-state index in [4.69, 9.17) is 23.5 Å². The summed E-state index contributed by atoms with van der Waals surface area (Å²) in [6, 6.07) is 13.7. The Morgan fingerprint density at radius 2 is 1.87 bits per heavy atom. The van der Waals surface area contributed by atoms with Gasteiger partial charge in [0.15, 0.2) is 23.4 Å². The normalized spacial score (nSPS) is 22.4. The van der Waals surface area contributed by atoms with Crippen LogP contribution in [0.25, 0.3) is 44.9 Å². The van der Waals surface area contributed by atoms with Gasteiger partial charge < -0.3 is 44.7 Å². The molecule has 53 heavy (non-hydrogen) atoms. The molecular weight excluding hydrogens is 676 g/mol. The first kappa shape index (κ1) is 31.6. The van der Waals surface area contributed by atoms with Crippen LogP contribution in [0.15, 0.2) is 69.8 Å². The maximum atomic E-state index is 14.1. The minimum Gasteiger partial charge on any atom is -0.506 e. The Balaban J connectivity index is 1.28. The van der Waals surface area contributed by atoms with E-state index in [1.807, 2.05) is 50.2 Å². The maximum absolute atomic E-state index is 14.1. The smallest absolute Gasteiger partial charge is 0.249 e. The molecule has 2 amide bonds. The third kappa shape index (κ3) is 4.28. The van der Waals surface area contributed by atoms with Crippen molar-refractivity contribution >= 4 is 28.4 Å². The number of benzene rings is 3. The number of aliphatic hydroxyl groups is 1. The summed E-state index contributed by atoms with van der Waals surface area (Å²) in [6.45, 7) is 7.38. The maximum Gasteiger partial charge on any atom is 0.249 e. The summed E-state index contributed by atoms with van der Waals surface area (Å²) in [4.78, 5) is 40.4. The van der Waals surface area contributed by atoms with Gasteiger partial charge in [0.25, 0.3) is 0 Å². The van der Waals surface area contributed by atoms with Gasteiger partial charge in [-0.3, -0.25) is 9.59 Å². The first-order valence-corrected chi connectivity index (χ1v) is 17.8. The number of fused-ring (bicyclic) bond motifs is 7. The van der Waals surface area contributed by atoms with Crippen LogP contribution in [0.5, 0.6) is 11.5 Å². The fourth-order valence-electron chi connectivity index (χ4n) is 8.47. The van der Waals surface area contributed by atoms with Crippen molar-refractivity contribution in [1.82, 2.24) is 25.6 Å². The molecule has 13 heteroatoms. The van der Waals surface area contributed by atoms with E-state index in [2.05, 4.69) is 27.0 Å². The number of oxazole rings is 2. The number of nitrogens with one attached hydrogen (secondary N) is 4. The van der Waals surface area contributed by atoms with Gasteiger partial charge >= 0.3 is 0 Å². The molecule has 10 bridgehead atoms. The number of carbonyl (C=O) groups is 2. The van der Waals surface area contributed by atoms with Crippen molar-refractivity contribution in [3.8, 4) is 45.5 Å². The molecule has 10 rings (SSSR count). The topological polar surface area (TPSA) is 188 Å². The van der Waals surface area contributed by atoms with E-state index in [1.54, 1.807) is 32.3 Å². The zero-order chi connectivity index (χ0) is 36.5. The average molecular weight is 713 g/mol. The van der Waals surface area contributed by atoms with Crippen LogP contribution in [0, 0.1) is 11.8 Å². The number of phenols is 1. The summed E-state index contributed by atoms with van der Waals surface area (Å²) < 4.78 is 20.3. The van der Waals surface area contributed by atoms with Crippen LogP contribution >= 0.6 is 0 Å². The Hall–Kier alpha value is -6.08. The number of ether oxygens (including phenoxy) is 1. The van der Waals surface area contributed by atoms with Gasteiger partial charge in [0.1, 0.15) is 35.1 Å². The Morgan fingerprint density at radius 1 is 1.02 bits per heavy atom. The minimum absolute atomic E-state index is 0.101. The number of carbonyl (C=O) groups excluding carboxylic acids is 2. The number of hydrogen-bond acceptors (Lipinski definition) is 10. The standard InChI is InChI=1S/C40H36N6O7/c1-16(2)29-38-45-32-34(53-38)40-22-7-5-6-20(19-9-10-25(47)31-28(19)21(14-41-31)27-15-42-37(32)51-27)30(22)46-39(40)52-26-11-8-18(12-23(26)40)13-24(35(49)44-29)43-36(50)33(48)17(3)4/h5-12,14-17,24,29,33,39,41,46-48H,13H2,1-4H3,(H,43,50)(H,44,49)/t24-,29-,33-,39?,40-/m0/s1. The summed E-state index contributed by atoms with van der Waals surface area (Å²) in [5.41, 5.74) is 5.49. The van der Waals surface area contributed by atoms with Crippen LogP contribution in [-0.2, 0) is 21.4 Å². The predicted molar refractivity (Wildman–Crippen MR) is 193 cm³/mol. The second-order valence-electron chi connectivity index (χ2n) is 15.0. The van der Waals surface area contributed by atoms with Crippen LogP contribution in [0.3, 0.4) is 0 Å². The molecule has 6 N–H and O–H groups in total. The van der Waals surface area contributed by atoms with Crippen molar-refractivity contribution in [1.29, 1.82) is 0 Å². The van der Waals surface area contributed by atoms with Crippen molar-refractivity contribution in [3.05, 3.63) is 89.3 Å². The summed E-state index contributed by atoms with van der Waals surface area (Å²) in [5, 5.41) is 31.9. The molecule has 0 aliphatic carbocycles. The van der Waals surface area contributed by atoms with Gasteiger partial charge in [-0.1, -0.05) is 58.0 Å². The van der Waals surface area contributed by atoms with Crippen molar-refractivity contribution in [2.24, 2.45) is 11.8 Å². The van der Waals surface area contributed by atoms with Crippen molar-refractivity contribution in [3.63, 3.8) is 0 Å². The minimum atomic E-state index is -1.29. The molecular formula is C40H36N6O7. The van der Waals surface area contributed by atoms with E-state index < -0.39 is 41.6 Å². The Morgan fingerprint density at radius 3 is 2.68 bits per heavy atom. The molecule has 0 saturated carbocycles. The highest BCUT2D eigenvalue weighted by atomic mass is 16.5. The molecule has 13 nitrogen and oxygen atoms in total. The number of aromatic hydroxyl groups is 1. The third-order valence-electron chi connectivity index (χ3n) is 11.2. The Kier molecular flexibility index (Phi) is 6.55. The molecule has 0 saturated heterocycles. The highest BCUT2D eigenvalue weighted by Gasteiger charge is 2.61. The predicted octanol–water partition coefficient (Wildman–Crippen LogP) is 5.51. The SMILES string of the molecule is CC(C)[C@H](O)C(=O)N[C@H]1Cc2ccc3c(c2)[C@]24c5cccc(c5NC2O3)-c2ccc(O)c3[nH]cc(c23)-c2cnc(o2)-c2nc(oc24)[C@H](C(C)C)NC1=O. The van der Waals surface area contributed by atoms with E-state index in [1.165, 1.54) is 0 Å². The lowest BCUT2D eigenvalue weighted by Crippen LogP contribution is -2.52. The van der Waals surface area contributed by atoms with Crippen molar-refractivity contribution in [2.75, 3.05) is 5.32 Å². The van der Waals surface area contributed by atoms with Crippen molar-refractivity contribution < 1.29 is 33.4 Å². The average Bonchev–Trinajstić information content (AvgIpc) is 3.96. The fraction of sp³-hybridized carbons (Fsp3) is 0.300. The van der Waals surface area contributed by atoms with Crippen molar-refractivity contribution in [2.45, 2.75) is 63.9 Å². The molecule has 0 fully saturated rings. The molecule has 7 heterocycles. The molecule has 1 unspecified atom stereocenters. The number of para-hydroxylation sites is 1. The van der Waals surface area contributed by atoms with Gasteiger partial charge in [0, 0.05) is 45.9 Å². The molecule has 4 aliphatic rings. The molecule has 1 spiro atoms. The quantitative estimate of drug-likeness (QED) is 0.136. The molecule has 4 aliphatic heterocycles. The summed E-state index contributed by atoms with van der Waals surface area (Å²) >= 11 is 0. The molecule has 5 atom stereocenters. The largest absolute Gasteiger partial charge is 0.506 e. The lowest BCUT2D eigenvalue weighted by molar-refractivity contribution is -0.135. The second-order valence-corrected chi connectivity index (χ2v) is 15.0.